The molecule has 212 valence electrons. The number of nitrogens with zero attached hydrogens (tertiary/aromatic N) is 1. The van der Waals surface area contributed by atoms with Crippen molar-refractivity contribution in [3.05, 3.63) is 70.8 Å². The zero-order valence-electron chi connectivity index (χ0n) is 24.3. The van der Waals surface area contributed by atoms with Crippen LogP contribution in [0.5, 0.6) is 0 Å². The predicted molar refractivity (Wildman–Crippen MR) is 151 cm³/mol. The molecule has 0 saturated heterocycles. The Kier molecular flexibility index (Phi) is 10.3. The number of amides is 4. The number of carbonyl (C=O) groups excluding carboxylic acids is 4. The molecule has 39 heavy (non-hydrogen) atoms. The summed E-state index contributed by atoms with van der Waals surface area (Å²) in [7, 11) is 0. The third-order valence-electron chi connectivity index (χ3n) is 6.11. The maximum atomic E-state index is 14.2. The van der Waals surface area contributed by atoms with Gasteiger partial charge in [-0.2, -0.15) is 0 Å². The number of hydrogen-bond acceptors (Lipinski definition) is 5. The van der Waals surface area contributed by atoms with Crippen LogP contribution in [-0.2, 0) is 25.7 Å². The average molecular weight is 539 g/mol. The molecule has 0 radical (unpaired) electrons. The number of benzene rings is 2. The van der Waals surface area contributed by atoms with Gasteiger partial charge >= 0.3 is 6.09 Å². The highest BCUT2D eigenvalue weighted by atomic mass is 16.6. The van der Waals surface area contributed by atoms with Crippen LogP contribution in [0.4, 0.5) is 4.79 Å². The summed E-state index contributed by atoms with van der Waals surface area (Å²) < 4.78 is 5.33. The number of rotatable bonds is 9. The largest absolute Gasteiger partial charge is 0.444 e. The lowest BCUT2D eigenvalue weighted by molar-refractivity contribution is -0.149. The first-order valence-electron chi connectivity index (χ1n) is 13.0. The molecule has 0 aliphatic carbocycles. The molecule has 2 rings (SSSR count). The van der Waals surface area contributed by atoms with Crippen molar-refractivity contribution < 1.29 is 23.9 Å². The molecule has 0 aliphatic rings. The molecular formula is C30H42N4O5. The number of primary amides is 1. The minimum absolute atomic E-state index is 0.258. The summed E-state index contributed by atoms with van der Waals surface area (Å²) in [4.78, 5) is 54.1. The number of aryl methyl sites for hydroxylation is 1. The Bertz CT molecular complexity index is 1180. The Labute approximate surface area is 231 Å². The smallest absolute Gasteiger partial charge is 0.408 e. The van der Waals surface area contributed by atoms with E-state index in [4.69, 9.17) is 10.5 Å². The Morgan fingerprint density at radius 2 is 1.54 bits per heavy atom. The van der Waals surface area contributed by atoms with Crippen molar-refractivity contribution in [2.24, 2.45) is 5.73 Å². The number of nitrogens with two attached hydrogens (primary N) is 1. The monoisotopic (exact) mass is 538 g/mol. The molecule has 0 heterocycles. The van der Waals surface area contributed by atoms with E-state index in [0.29, 0.717) is 5.56 Å². The summed E-state index contributed by atoms with van der Waals surface area (Å²) >= 11 is 0. The van der Waals surface area contributed by atoms with Gasteiger partial charge in [0.05, 0.1) is 6.42 Å². The van der Waals surface area contributed by atoms with Crippen LogP contribution in [0.15, 0.2) is 48.5 Å². The second-order valence-electron chi connectivity index (χ2n) is 11.6. The van der Waals surface area contributed by atoms with Gasteiger partial charge < -0.3 is 26.0 Å². The molecule has 2 unspecified atom stereocenters. The summed E-state index contributed by atoms with van der Waals surface area (Å²) in [6.45, 7) is 14.5. The highest BCUT2D eigenvalue weighted by Gasteiger charge is 2.42. The SMILES string of the molecule is Cc1cccc(C(C(=O)NCc2ccccc2)N(C(=O)C(CC(N)=O)NC(=O)OC(C)(C)C)C(C)(C)C)c1C. The molecule has 9 nitrogen and oxygen atoms in total. The fraction of sp³-hybridized carbons (Fsp3) is 0.467. The lowest BCUT2D eigenvalue weighted by Crippen LogP contribution is -2.59. The van der Waals surface area contributed by atoms with Gasteiger partial charge in [-0.3, -0.25) is 14.4 Å². The van der Waals surface area contributed by atoms with Crippen LogP contribution in [0.3, 0.4) is 0 Å². The van der Waals surface area contributed by atoms with Crippen molar-refractivity contribution in [1.29, 1.82) is 0 Å². The van der Waals surface area contributed by atoms with Crippen LogP contribution >= 0.6 is 0 Å². The zero-order valence-corrected chi connectivity index (χ0v) is 24.3. The summed E-state index contributed by atoms with van der Waals surface area (Å²) in [6, 6.07) is 12.6. The van der Waals surface area contributed by atoms with E-state index in [1.807, 2.05) is 62.4 Å². The molecule has 2 aromatic rings. The summed E-state index contributed by atoms with van der Waals surface area (Å²) in [5.74, 6) is -1.81. The molecule has 4 amide bonds. The fourth-order valence-corrected chi connectivity index (χ4v) is 4.21. The van der Waals surface area contributed by atoms with Gasteiger partial charge in [0.2, 0.25) is 17.7 Å². The standard InChI is InChI=1S/C30H42N4O5/c1-19-13-12-16-22(20(19)2)25(26(36)32-18-21-14-10-9-11-15-21)34(29(3,4)5)27(37)23(17-24(31)35)33-28(38)39-30(6,7)8/h9-16,23,25H,17-18H2,1-8H3,(H2,31,35)(H,32,36)(H,33,38). The second kappa shape index (κ2) is 12.8. The van der Waals surface area contributed by atoms with Gasteiger partial charge in [-0.25, -0.2) is 4.79 Å². The first-order chi connectivity index (χ1) is 18.0. The van der Waals surface area contributed by atoms with Gasteiger partial charge in [0.25, 0.3) is 0 Å². The Balaban J connectivity index is 2.58. The maximum absolute atomic E-state index is 14.2. The van der Waals surface area contributed by atoms with Crippen LogP contribution in [0.2, 0.25) is 0 Å². The number of ether oxygens (including phenoxy) is 1. The molecule has 2 atom stereocenters. The molecule has 0 bridgehead atoms. The molecule has 0 spiro atoms. The number of nitrogens with one attached hydrogen (secondary N) is 2. The molecule has 2 aromatic carbocycles. The first-order valence-corrected chi connectivity index (χ1v) is 13.0. The van der Waals surface area contributed by atoms with Gasteiger partial charge in [0.15, 0.2) is 0 Å². The fourth-order valence-electron chi connectivity index (χ4n) is 4.21. The first kappa shape index (κ1) is 31.3. The Morgan fingerprint density at radius 3 is 2.08 bits per heavy atom. The van der Waals surface area contributed by atoms with Crippen molar-refractivity contribution in [2.45, 2.75) is 91.6 Å². The lowest BCUT2D eigenvalue weighted by Gasteiger charge is -2.43. The van der Waals surface area contributed by atoms with Crippen molar-refractivity contribution in [3.63, 3.8) is 0 Å². The third-order valence-corrected chi connectivity index (χ3v) is 6.11. The second-order valence-corrected chi connectivity index (χ2v) is 11.6. The van der Waals surface area contributed by atoms with E-state index in [2.05, 4.69) is 10.6 Å². The summed E-state index contributed by atoms with van der Waals surface area (Å²) in [5, 5.41) is 5.47. The van der Waals surface area contributed by atoms with Crippen molar-refractivity contribution >= 4 is 23.8 Å². The topological polar surface area (TPSA) is 131 Å². The zero-order chi connectivity index (χ0) is 29.5. The van der Waals surface area contributed by atoms with Crippen LogP contribution in [-0.4, -0.2) is 45.9 Å². The van der Waals surface area contributed by atoms with E-state index in [-0.39, 0.29) is 6.54 Å². The van der Waals surface area contributed by atoms with Gasteiger partial charge in [-0.05, 0) is 77.6 Å². The lowest BCUT2D eigenvalue weighted by atomic mass is 9.91. The van der Waals surface area contributed by atoms with E-state index in [1.54, 1.807) is 41.5 Å². The van der Waals surface area contributed by atoms with Gasteiger partial charge in [0.1, 0.15) is 17.7 Å². The predicted octanol–water partition coefficient (Wildman–Crippen LogP) is 4.06. The van der Waals surface area contributed by atoms with Gasteiger partial charge in [-0.15, -0.1) is 0 Å². The number of hydrogen-bond donors (Lipinski definition) is 3. The van der Waals surface area contributed by atoms with Crippen molar-refractivity contribution in [2.75, 3.05) is 0 Å². The molecule has 9 heteroatoms. The van der Waals surface area contributed by atoms with Gasteiger partial charge in [-0.1, -0.05) is 48.5 Å². The minimum Gasteiger partial charge on any atom is -0.444 e. The van der Waals surface area contributed by atoms with Crippen LogP contribution < -0.4 is 16.4 Å². The third kappa shape index (κ3) is 9.12. The molecule has 0 aliphatic heterocycles. The molecule has 4 N–H and O–H groups in total. The molecule has 0 saturated carbocycles. The minimum atomic E-state index is -1.34. The van der Waals surface area contributed by atoms with E-state index in [9.17, 15) is 19.2 Å². The van der Waals surface area contributed by atoms with E-state index in [1.165, 1.54) is 4.90 Å². The highest BCUT2D eigenvalue weighted by Crippen LogP contribution is 2.33. The highest BCUT2D eigenvalue weighted by molar-refractivity contribution is 5.95. The van der Waals surface area contributed by atoms with Crippen molar-refractivity contribution in [3.8, 4) is 0 Å². The summed E-state index contributed by atoms with van der Waals surface area (Å²) in [6.07, 6.45) is -1.33. The van der Waals surface area contributed by atoms with Crippen LogP contribution in [0, 0.1) is 13.8 Å². The van der Waals surface area contributed by atoms with Crippen molar-refractivity contribution in [1.82, 2.24) is 15.5 Å². The quantitative estimate of drug-likeness (QED) is 0.443. The Morgan fingerprint density at radius 1 is 0.923 bits per heavy atom. The van der Waals surface area contributed by atoms with Crippen LogP contribution in [0.1, 0.15) is 76.3 Å². The average Bonchev–Trinajstić information content (AvgIpc) is 2.80. The maximum Gasteiger partial charge on any atom is 0.408 e. The number of alkyl carbamates (subject to hydrolysis) is 1. The Hall–Kier alpha value is -3.88. The van der Waals surface area contributed by atoms with E-state index < -0.39 is 53.5 Å². The van der Waals surface area contributed by atoms with E-state index in [0.717, 1.165) is 16.7 Å². The molecule has 0 aromatic heterocycles. The van der Waals surface area contributed by atoms with Crippen LogP contribution in [0.25, 0.3) is 0 Å². The normalized spacial score (nSPS) is 13.1. The molecular weight excluding hydrogens is 496 g/mol. The van der Waals surface area contributed by atoms with E-state index >= 15 is 0 Å². The van der Waals surface area contributed by atoms with Gasteiger partial charge in [0, 0.05) is 12.1 Å². The number of carbonyl (C=O) groups is 4. The summed E-state index contributed by atoms with van der Waals surface area (Å²) in [5.41, 5.74) is 7.09. The molecule has 0 fully saturated rings.